The Hall–Kier alpha value is -1.20. The molecule has 1 atom stereocenters. The minimum absolute atomic E-state index is 0.160. The van der Waals surface area contributed by atoms with Crippen molar-refractivity contribution in [2.75, 3.05) is 20.2 Å². The summed E-state index contributed by atoms with van der Waals surface area (Å²) in [4.78, 5) is 2.51. The number of ether oxygens (including phenoxy) is 1. The summed E-state index contributed by atoms with van der Waals surface area (Å²) >= 11 is 4.91. The van der Waals surface area contributed by atoms with Gasteiger partial charge in [-0.05, 0) is 51.1 Å². The molecule has 1 aromatic carbocycles. The van der Waals surface area contributed by atoms with Gasteiger partial charge in [-0.25, -0.2) is 4.39 Å². The lowest BCUT2D eigenvalue weighted by Gasteiger charge is -2.19. The third kappa shape index (κ3) is 3.64. The molecule has 0 bridgehead atoms. The highest BCUT2D eigenvalue weighted by atomic mass is 32.1. The summed E-state index contributed by atoms with van der Waals surface area (Å²) in [5.74, 6) is 0.209. The number of nitrogens with zero attached hydrogens (tertiary/aromatic N) is 1. The monoisotopic (exact) mass is 282 g/mol. The van der Waals surface area contributed by atoms with Gasteiger partial charge in [0.1, 0.15) is 16.6 Å². The maximum atomic E-state index is 13.1. The summed E-state index contributed by atoms with van der Waals surface area (Å²) in [6.07, 6.45) is 3.42. The second-order valence-corrected chi connectivity index (χ2v) is 5.36. The van der Waals surface area contributed by atoms with Crippen LogP contribution in [0, 0.1) is 5.82 Å². The zero-order valence-electron chi connectivity index (χ0n) is 11.1. The van der Waals surface area contributed by atoms with Gasteiger partial charge in [-0.3, -0.25) is 0 Å². The van der Waals surface area contributed by atoms with Crippen molar-refractivity contribution in [2.24, 2.45) is 5.73 Å². The molecule has 1 heterocycles. The minimum atomic E-state index is -0.356. The van der Waals surface area contributed by atoms with E-state index in [-0.39, 0.29) is 10.8 Å². The summed E-state index contributed by atoms with van der Waals surface area (Å²) in [5, 5.41) is 0. The standard InChI is InChI=1S/C14H19FN2OS/c1-17-7-2-3-11(17)6-8-18-13-5-4-10(15)9-12(13)14(16)19/h4-5,9,11H,2-3,6-8H2,1H3,(H2,16,19). The van der Waals surface area contributed by atoms with Crippen LogP contribution in [0.2, 0.25) is 0 Å². The Bertz CT molecular complexity index is 467. The zero-order chi connectivity index (χ0) is 13.8. The fourth-order valence-corrected chi connectivity index (χ4v) is 2.63. The average molecular weight is 282 g/mol. The van der Waals surface area contributed by atoms with E-state index in [0.717, 1.165) is 13.0 Å². The van der Waals surface area contributed by atoms with Crippen molar-refractivity contribution in [1.82, 2.24) is 4.90 Å². The van der Waals surface area contributed by atoms with Gasteiger partial charge in [-0.15, -0.1) is 0 Å². The van der Waals surface area contributed by atoms with Gasteiger partial charge in [0.2, 0.25) is 0 Å². The predicted octanol–water partition coefficient (Wildman–Crippen LogP) is 2.32. The molecule has 2 N–H and O–H groups in total. The maximum Gasteiger partial charge on any atom is 0.129 e. The van der Waals surface area contributed by atoms with E-state index in [4.69, 9.17) is 22.7 Å². The SMILES string of the molecule is CN1CCCC1CCOc1ccc(F)cc1C(N)=S. The molecule has 0 amide bonds. The van der Waals surface area contributed by atoms with Crippen LogP contribution in [0.15, 0.2) is 18.2 Å². The largest absolute Gasteiger partial charge is 0.493 e. The Morgan fingerprint density at radius 3 is 3.00 bits per heavy atom. The number of benzene rings is 1. The normalized spacial score (nSPS) is 19.6. The maximum absolute atomic E-state index is 13.1. The van der Waals surface area contributed by atoms with Crippen LogP contribution in [0.3, 0.4) is 0 Å². The molecule has 104 valence electrons. The summed E-state index contributed by atoms with van der Waals surface area (Å²) < 4.78 is 18.9. The van der Waals surface area contributed by atoms with Crippen molar-refractivity contribution >= 4 is 17.2 Å². The number of likely N-dealkylation sites (tertiary alicyclic amines) is 1. The van der Waals surface area contributed by atoms with Gasteiger partial charge >= 0.3 is 0 Å². The van der Waals surface area contributed by atoms with Crippen LogP contribution in [0.1, 0.15) is 24.8 Å². The number of thiocarbonyl (C=S) groups is 1. The third-order valence-electron chi connectivity index (χ3n) is 3.59. The summed E-state index contributed by atoms with van der Waals surface area (Å²) in [5.41, 5.74) is 6.04. The van der Waals surface area contributed by atoms with E-state index >= 15 is 0 Å². The van der Waals surface area contributed by atoms with Gasteiger partial charge in [0.15, 0.2) is 0 Å². The molecule has 0 aliphatic carbocycles. The van der Waals surface area contributed by atoms with Gasteiger partial charge in [-0.2, -0.15) is 0 Å². The van der Waals surface area contributed by atoms with Crippen molar-refractivity contribution in [2.45, 2.75) is 25.3 Å². The number of hydrogen-bond donors (Lipinski definition) is 1. The van der Waals surface area contributed by atoms with Crippen molar-refractivity contribution in [3.63, 3.8) is 0 Å². The highest BCUT2D eigenvalue weighted by molar-refractivity contribution is 7.80. The first-order valence-electron chi connectivity index (χ1n) is 6.50. The van der Waals surface area contributed by atoms with Gasteiger partial charge in [-0.1, -0.05) is 12.2 Å². The molecular weight excluding hydrogens is 263 g/mol. The molecule has 0 spiro atoms. The molecule has 1 aliphatic rings. The lowest BCUT2D eigenvalue weighted by molar-refractivity contribution is 0.233. The van der Waals surface area contributed by atoms with E-state index in [1.165, 1.54) is 25.0 Å². The molecule has 1 aromatic rings. The second-order valence-electron chi connectivity index (χ2n) is 4.92. The minimum Gasteiger partial charge on any atom is -0.493 e. The van der Waals surface area contributed by atoms with Crippen LogP contribution in [0.5, 0.6) is 5.75 Å². The lowest BCUT2D eigenvalue weighted by atomic mass is 10.1. The van der Waals surface area contributed by atoms with Gasteiger partial charge in [0, 0.05) is 6.04 Å². The van der Waals surface area contributed by atoms with Crippen LogP contribution in [-0.4, -0.2) is 36.1 Å². The van der Waals surface area contributed by atoms with Crippen LogP contribution in [-0.2, 0) is 0 Å². The van der Waals surface area contributed by atoms with E-state index in [2.05, 4.69) is 11.9 Å². The van der Waals surface area contributed by atoms with Crippen molar-refractivity contribution < 1.29 is 9.13 Å². The Morgan fingerprint density at radius 1 is 1.58 bits per heavy atom. The molecular formula is C14H19FN2OS. The van der Waals surface area contributed by atoms with E-state index in [0.29, 0.717) is 24.0 Å². The van der Waals surface area contributed by atoms with Gasteiger partial charge in [0.05, 0.1) is 12.2 Å². The fourth-order valence-electron chi connectivity index (χ4n) is 2.47. The fraction of sp³-hybridized carbons (Fsp3) is 0.500. The summed E-state index contributed by atoms with van der Waals surface area (Å²) in [6.45, 7) is 1.75. The van der Waals surface area contributed by atoms with Gasteiger partial charge in [0.25, 0.3) is 0 Å². The highest BCUT2D eigenvalue weighted by Gasteiger charge is 2.20. The number of nitrogens with two attached hydrogens (primary N) is 1. The Labute approximate surface area is 118 Å². The third-order valence-corrected chi connectivity index (χ3v) is 3.81. The smallest absolute Gasteiger partial charge is 0.129 e. The molecule has 3 nitrogen and oxygen atoms in total. The topological polar surface area (TPSA) is 38.5 Å². The molecule has 2 rings (SSSR count). The molecule has 5 heteroatoms. The summed E-state index contributed by atoms with van der Waals surface area (Å²) in [7, 11) is 2.13. The molecule has 1 unspecified atom stereocenters. The lowest BCUT2D eigenvalue weighted by Crippen LogP contribution is -2.26. The Morgan fingerprint density at radius 2 is 2.37 bits per heavy atom. The van der Waals surface area contributed by atoms with E-state index in [1.807, 2.05) is 0 Å². The molecule has 0 radical (unpaired) electrons. The van der Waals surface area contributed by atoms with Crippen molar-refractivity contribution in [3.8, 4) is 5.75 Å². The molecule has 19 heavy (non-hydrogen) atoms. The first-order valence-corrected chi connectivity index (χ1v) is 6.91. The van der Waals surface area contributed by atoms with Gasteiger partial charge < -0.3 is 15.4 Å². The van der Waals surface area contributed by atoms with Crippen LogP contribution < -0.4 is 10.5 Å². The molecule has 1 fully saturated rings. The first kappa shape index (κ1) is 14.2. The molecule has 0 aromatic heterocycles. The number of halogens is 1. The molecule has 1 saturated heterocycles. The Balaban J connectivity index is 1.94. The zero-order valence-corrected chi connectivity index (χ0v) is 11.9. The molecule has 0 saturated carbocycles. The predicted molar refractivity (Wildman–Crippen MR) is 78.1 cm³/mol. The Kier molecular flexibility index (Phi) is 4.71. The highest BCUT2D eigenvalue weighted by Crippen LogP contribution is 2.22. The van der Waals surface area contributed by atoms with E-state index in [1.54, 1.807) is 6.07 Å². The average Bonchev–Trinajstić information content (AvgIpc) is 2.77. The number of rotatable bonds is 5. The second kappa shape index (κ2) is 6.30. The van der Waals surface area contributed by atoms with Crippen LogP contribution >= 0.6 is 12.2 Å². The van der Waals surface area contributed by atoms with Crippen LogP contribution in [0.25, 0.3) is 0 Å². The summed E-state index contributed by atoms with van der Waals surface area (Å²) in [6, 6.07) is 4.84. The molecule has 1 aliphatic heterocycles. The van der Waals surface area contributed by atoms with Crippen LogP contribution in [0.4, 0.5) is 4.39 Å². The first-order chi connectivity index (χ1) is 9.08. The number of hydrogen-bond acceptors (Lipinski definition) is 3. The van der Waals surface area contributed by atoms with E-state index < -0.39 is 0 Å². The van der Waals surface area contributed by atoms with Crippen molar-refractivity contribution in [3.05, 3.63) is 29.6 Å². The van der Waals surface area contributed by atoms with E-state index in [9.17, 15) is 4.39 Å². The van der Waals surface area contributed by atoms with Crippen molar-refractivity contribution in [1.29, 1.82) is 0 Å². The quantitative estimate of drug-likeness (QED) is 0.841.